The monoisotopic (exact) mass is 322 g/mol. The van der Waals surface area contributed by atoms with Crippen LogP contribution in [0.3, 0.4) is 0 Å². The van der Waals surface area contributed by atoms with Gasteiger partial charge in [-0.15, -0.1) is 0 Å². The second-order valence-electron chi connectivity index (χ2n) is 5.41. The molecule has 0 radical (unpaired) electrons. The van der Waals surface area contributed by atoms with Crippen molar-refractivity contribution in [2.24, 2.45) is 7.05 Å². The number of ether oxygens (including phenoxy) is 1. The quantitative estimate of drug-likeness (QED) is 0.802. The summed E-state index contributed by atoms with van der Waals surface area (Å²) in [6.45, 7) is 2.49. The molecular weight excluding hydrogens is 304 g/mol. The predicted molar refractivity (Wildman–Crippen MR) is 94.8 cm³/mol. The Morgan fingerprint density at radius 2 is 1.83 bits per heavy atom. The van der Waals surface area contributed by atoms with Gasteiger partial charge in [0.1, 0.15) is 5.75 Å². The number of nitrogens with zero attached hydrogens (tertiary/aromatic N) is 1. The van der Waals surface area contributed by atoms with Crippen molar-refractivity contribution in [3.8, 4) is 5.75 Å². The van der Waals surface area contributed by atoms with Gasteiger partial charge >= 0.3 is 0 Å². The first-order valence-corrected chi connectivity index (χ1v) is 7.72. The second-order valence-corrected chi connectivity index (χ2v) is 5.41. The first kappa shape index (κ1) is 15.8. The third kappa shape index (κ3) is 3.01. The van der Waals surface area contributed by atoms with Crippen molar-refractivity contribution in [3.05, 3.63) is 70.6 Å². The summed E-state index contributed by atoms with van der Waals surface area (Å²) in [4.78, 5) is 24.6. The van der Waals surface area contributed by atoms with E-state index in [1.165, 1.54) is 4.57 Å². The smallest absolute Gasteiger partial charge is 0.258 e. The molecule has 3 rings (SSSR count). The largest absolute Gasteiger partial charge is 0.494 e. The zero-order valence-electron chi connectivity index (χ0n) is 13.6. The maximum absolute atomic E-state index is 12.4. The number of anilines is 1. The molecule has 0 atom stereocenters. The lowest BCUT2D eigenvalue weighted by Gasteiger charge is -2.10. The average Bonchev–Trinajstić information content (AvgIpc) is 2.59. The fourth-order valence-electron chi connectivity index (χ4n) is 2.55. The normalized spacial score (nSPS) is 10.6. The molecule has 1 amide bonds. The van der Waals surface area contributed by atoms with E-state index in [0.29, 0.717) is 23.2 Å². The van der Waals surface area contributed by atoms with Gasteiger partial charge in [0.15, 0.2) is 0 Å². The number of pyridine rings is 1. The Morgan fingerprint density at radius 1 is 1.08 bits per heavy atom. The lowest BCUT2D eigenvalue weighted by Crippen LogP contribution is -2.17. The molecule has 3 aromatic rings. The highest BCUT2D eigenvalue weighted by atomic mass is 16.5. The Hall–Kier alpha value is -3.08. The highest BCUT2D eigenvalue weighted by Crippen LogP contribution is 2.21. The Balaban J connectivity index is 1.90. The number of fused-ring (bicyclic) bond motifs is 1. The van der Waals surface area contributed by atoms with Gasteiger partial charge in [-0.1, -0.05) is 6.07 Å². The number of aryl methyl sites for hydroxylation is 1. The summed E-state index contributed by atoms with van der Waals surface area (Å²) in [5.41, 5.74) is 1.05. The molecule has 1 aromatic heterocycles. The molecule has 0 fully saturated rings. The molecular formula is C19H18N2O3. The molecule has 0 aliphatic carbocycles. The molecule has 0 aliphatic rings. The van der Waals surface area contributed by atoms with Crippen molar-refractivity contribution < 1.29 is 9.53 Å². The van der Waals surface area contributed by atoms with E-state index < -0.39 is 0 Å². The first-order valence-electron chi connectivity index (χ1n) is 7.72. The van der Waals surface area contributed by atoms with Crippen LogP contribution in [0, 0.1) is 0 Å². The molecule has 1 N–H and O–H groups in total. The number of carbonyl (C=O) groups excluding carboxylic acids is 1. The van der Waals surface area contributed by atoms with E-state index >= 15 is 0 Å². The Labute approximate surface area is 139 Å². The maximum Gasteiger partial charge on any atom is 0.258 e. The third-order valence-corrected chi connectivity index (χ3v) is 3.80. The van der Waals surface area contributed by atoms with Gasteiger partial charge < -0.3 is 14.6 Å². The number of nitrogens with one attached hydrogen (secondary N) is 1. The highest BCUT2D eigenvalue weighted by Gasteiger charge is 2.10. The van der Waals surface area contributed by atoms with Crippen LogP contribution < -0.4 is 15.6 Å². The number of hydrogen-bond donors (Lipinski definition) is 1. The topological polar surface area (TPSA) is 60.3 Å². The lowest BCUT2D eigenvalue weighted by molar-refractivity contribution is 0.102. The molecule has 5 heteroatoms. The van der Waals surface area contributed by atoms with Crippen LogP contribution in [-0.4, -0.2) is 17.1 Å². The van der Waals surface area contributed by atoms with Gasteiger partial charge in [0.2, 0.25) is 0 Å². The van der Waals surface area contributed by atoms with Gasteiger partial charge in [0, 0.05) is 35.3 Å². The average molecular weight is 322 g/mol. The minimum Gasteiger partial charge on any atom is -0.494 e. The molecule has 0 spiro atoms. The molecule has 2 aromatic carbocycles. The van der Waals surface area contributed by atoms with Crippen molar-refractivity contribution in [1.82, 2.24) is 4.57 Å². The van der Waals surface area contributed by atoms with Crippen LogP contribution in [0.5, 0.6) is 5.75 Å². The second kappa shape index (κ2) is 6.58. The van der Waals surface area contributed by atoms with Crippen LogP contribution in [0.25, 0.3) is 10.8 Å². The number of amides is 1. The van der Waals surface area contributed by atoms with Crippen molar-refractivity contribution in [3.63, 3.8) is 0 Å². The summed E-state index contributed by atoms with van der Waals surface area (Å²) in [5.74, 6) is 0.494. The van der Waals surface area contributed by atoms with Crippen molar-refractivity contribution in [1.29, 1.82) is 0 Å². The summed E-state index contributed by atoms with van der Waals surface area (Å²) in [6, 6.07) is 14.1. The molecule has 24 heavy (non-hydrogen) atoms. The standard InChI is InChI=1S/C19H18N2O3/c1-3-24-14-9-7-13(8-10-14)18(22)20-17-6-4-5-16-15(17)11-12-21(2)19(16)23/h4-12H,3H2,1-2H3,(H,20,22). The van der Waals surface area contributed by atoms with Gasteiger partial charge in [-0.25, -0.2) is 0 Å². The summed E-state index contributed by atoms with van der Waals surface area (Å²) in [6.07, 6.45) is 1.69. The zero-order chi connectivity index (χ0) is 17.1. The highest BCUT2D eigenvalue weighted by molar-refractivity contribution is 6.09. The molecule has 0 aliphatic heterocycles. The molecule has 0 bridgehead atoms. The molecule has 5 nitrogen and oxygen atoms in total. The summed E-state index contributed by atoms with van der Waals surface area (Å²) in [7, 11) is 1.70. The van der Waals surface area contributed by atoms with Crippen LogP contribution in [0.15, 0.2) is 59.5 Å². The van der Waals surface area contributed by atoms with Crippen LogP contribution in [0.1, 0.15) is 17.3 Å². The van der Waals surface area contributed by atoms with Gasteiger partial charge in [-0.05, 0) is 49.4 Å². The Kier molecular flexibility index (Phi) is 4.33. The molecule has 122 valence electrons. The van der Waals surface area contributed by atoms with E-state index in [1.54, 1.807) is 55.7 Å². The summed E-state index contributed by atoms with van der Waals surface area (Å²) < 4.78 is 6.89. The number of aromatic nitrogens is 1. The summed E-state index contributed by atoms with van der Waals surface area (Å²) >= 11 is 0. The van der Waals surface area contributed by atoms with Crippen LogP contribution in [-0.2, 0) is 7.05 Å². The lowest BCUT2D eigenvalue weighted by atomic mass is 10.1. The van der Waals surface area contributed by atoms with Crippen molar-refractivity contribution in [2.45, 2.75) is 6.92 Å². The summed E-state index contributed by atoms with van der Waals surface area (Å²) in [5, 5.41) is 4.17. The fraction of sp³-hybridized carbons (Fsp3) is 0.158. The van der Waals surface area contributed by atoms with E-state index in [-0.39, 0.29) is 11.5 Å². The van der Waals surface area contributed by atoms with Gasteiger partial charge in [0.25, 0.3) is 11.5 Å². The molecule has 0 unspecified atom stereocenters. The van der Waals surface area contributed by atoms with E-state index in [9.17, 15) is 9.59 Å². The third-order valence-electron chi connectivity index (χ3n) is 3.80. The van der Waals surface area contributed by atoms with Crippen LogP contribution >= 0.6 is 0 Å². The number of rotatable bonds is 4. The van der Waals surface area contributed by atoms with Crippen molar-refractivity contribution in [2.75, 3.05) is 11.9 Å². The van der Waals surface area contributed by atoms with Gasteiger partial charge in [-0.3, -0.25) is 9.59 Å². The van der Waals surface area contributed by atoms with Crippen LogP contribution in [0.4, 0.5) is 5.69 Å². The fourth-order valence-corrected chi connectivity index (χ4v) is 2.55. The molecule has 0 saturated heterocycles. The minimum absolute atomic E-state index is 0.0929. The van der Waals surface area contributed by atoms with E-state index in [1.807, 2.05) is 13.0 Å². The zero-order valence-corrected chi connectivity index (χ0v) is 13.6. The number of carbonyl (C=O) groups is 1. The Bertz CT molecular complexity index is 943. The first-order chi connectivity index (χ1) is 11.6. The molecule has 0 saturated carbocycles. The predicted octanol–water partition coefficient (Wildman–Crippen LogP) is 3.19. The van der Waals surface area contributed by atoms with E-state index in [0.717, 1.165) is 11.1 Å². The SMILES string of the molecule is CCOc1ccc(C(=O)Nc2cccc3c(=O)n(C)ccc23)cc1. The minimum atomic E-state index is -0.230. The Morgan fingerprint density at radius 3 is 2.54 bits per heavy atom. The van der Waals surface area contributed by atoms with E-state index in [2.05, 4.69) is 5.32 Å². The molecule has 1 heterocycles. The van der Waals surface area contributed by atoms with Crippen LogP contribution in [0.2, 0.25) is 0 Å². The van der Waals surface area contributed by atoms with Gasteiger partial charge in [0.05, 0.1) is 6.61 Å². The van der Waals surface area contributed by atoms with E-state index in [4.69, 9.17) is 4.74 Å². The maximum atomic E-state index is 12.4. The number of benzene rings is 2. The van der Waals surface area contributed by atoms with Gasteiger partial charge in [-0.2, -0.15) is 0 Å². The van der Waals surface area contributed by atoms with Crippen molar-refractivity contribution >= 4 is 22.4 Å². The number of hydrogen-bond acceptors (Lipinski definition) is 3.